The molecule has 0 radical (unpaired) electrons. The van der Waals surface area contributed by atoms with Crippen LogP contribution in [0.4, 0.5) is 0 Å². The van der Waals surface area contributed by atoms with Crippen molar-refractivity contribution in [2.75, 3.05) is 18.5 Å². The smallest absolute Gasteiger partial charge is 0.313 e. The molecule has 0 N–H and O–H groups in total. The van der Waals surface area contributed by atoms with Gasteiger partial charge in [-0.3, -0.25) is 0 Å². The summed E-state index contributed by atoms with van der Waals surface area (Å²) in [7, 11) is -1.65. The molecule has 0 rings (SSSR count). The van der Waals surface area contributed by atoms with Gasteiger partial charge in [-0.05, 0) is 44.9 Å². The van der Waals surface area contributed by atoms with Crippen LogP contribution in [0.15, 0.2) is 0 Å². The molecule has 0 heterocycles. The molecule has 0 saturated heterocycles. The third kappa shape index (κ3) is 26.5. The van der Waals surface area contributed by atoms with Crippen LogP contribution in [0.1, 0.15) is 207 Å². The zero-order valence-electron chi connectivity index (χ0n) is 27.7. The van der Waals surface area contributed by atoms with Crippen LogP contribution >= 0.6 is 7.49 Å². The first-order valence-corrected chi connectivity index (χ1v) is 20.5. The van der Waals surface area contributed by atoms with Gasteiger partial charge in [-0.2, -0.15) is 0 Å². The molecule has 0 aromatic rings. The zero-order valence-corrected chi connectivity index (χ0v) is 28.6. The average molecular weight is 570 g/mol. The molecule has 2 nitrogen and oxygen atoms in total. The Morgan fingerprint density at radius 1 is 0.385 bits per heavy atom. The lowest BCUT2D eigenvalue weighted by Gasteiger charge is -2.26. The fourth-order valence-corrected chi connectivity index (χ4v) is 9.72. The zero-order chi connectivity index (χ0) is 28.7. The van der Waals surface area contributed by atoms with Gasteiger partial charge in [0.15, 0.2) is 7.49 Å². The molecule has 0 aliphatic rings. The third-order valence-corrected chi connectivity index (χ3v) is 12.5. The lowest BCUT2D eigenvalue weighted by molar-refractivity contribution is -0.134. The van der Waals surface area contributed by atoms with Gasteiger partial charge >= 0.3 is 5.97 Å². The van der Waals surface area contributed by atoms with Crippen LogP contribution in [0, 0.1) is 0 Å². The molecule has 234 valence electrons. The van der Waals surface area contributed by atoms with E-state index in [0.717, 1.165) is 6.42 Å². The van der Waals surface area contributed by atoms with Crippen LogP contribution in [0.5, 0.6) is 0 Å². The second-order valence-corrected chi connectivity index (χ2v) is 16.2. The summed E-state index contributed by atoms with van der Waals surface area (Å²) < 4.78 is 6.67. The SMILES string of the molecule is CCCCCCCCCCCC(=O)O[P+](CCCCCCCC)(CCCCCCCC)CCCCCCCC. The molecule has 0 unspecified atom stereocenters. The normalized spacial score (nSPS) is 11.8. The number of carbonyl (C=O) groups is 1. The molecule has 3 heteroatoms. The molecule has 0 saturated carbocycles. The Kier molecular flexibility index (Phi) is 30.8. The van der Waals surface area contributed by atoms with E-state index in [0.29, 0.717) is 6.42 Å². The van der Waals surface area contributed by atoms with Crippen molar-refractivity contribution in [3.63, 3.8) is 0 Å². The molecule has 39 heavy (non-hydrogen) atoms. The second-order valence-electron chi connectivity index (χ2n) is 12.6. The maximum absolute atomic E-state index is 13.2. The number of hydrogen-bond donors (Lipinski definition) is 0. The van der Waals surface area contributed by atoms with Gasteiger partial charge < -0.3 is 4.52 Å². The Labute approximate surface area is 248 Å². The van der Waals surface area contributed by atoms with Crippen molar-refractivity contribution in [1.29, 1.82) is 0 Å². The number of hydrogen-bond acceptors (Lipinski definition) is 2. The van der Waals surface area contributed by atoms with E-state index in [1.807, 2.05) is 0 Å². The third-order valence-electron chi connectivity index (χ3n) is 8.54. The lowest BCUT2D eigenvalue weighted by atomic mass is 10.1. The predicted octanol–water partition coefficient (Wildman–Crippen LogP) is 13.5. The minimum absolute atomic E-state index is 0.147. The molecule has 0 fully saturated rings. The highest BCUT2D eigenvalue weighted by molar-refractivity contribution is 7.71. The van der Waals surface area contributed by atoms with E-state index in [9.17, 15) is 4.79 Å². The number of unbranched alkanes of at least 4 members (excludes halogenated alkanes) is 23. The number of rotatable bonds is 32. The van der Waals surface area contributed by atoms with Crippen molar-refractivity contribution in [2.45, 2.75) is 207 Å². The molecule has 0 bridgehead atoms. The molecule has 0 amide bonds. The van der Waals surface area contributed by atoms with Gasteiger partial charge in [0, 0.05) is 0 Å². The summed E-state index contributed by atoms with van der Waals surface area (Å²) in [5.41, 5.74) is 0. The predicted molar refractivity (Wildman–Crippen MR) is 180 cm³/mol. The summed E-state index contributed by atoms with van der Waals surface area (Å²) in [6.07, 6.45) is 39.9. The first-order chi connectivity index (χ1) is 19.1. The summed E-state index contributed by atoms with van der Waals surface area (Å²) in [4.78, 5) is 13.2. The monoisotopic (exact) mass is 570 g/mol. The van der Waals surface area contributed by atoms with Gasteiger partial charge in [0.1, 0.15) is 0 Å². The summed E-state index contributed by atoms with van der Waals surface area (Å²) >= 11 is 0. The lowest BCUT2D eigenvalue weighted by Crippen LogP contribution is -2.17. The van der Waals surface area contributed by atoms with Gasteiger partial charge in [-0.25, -0.2) is 4.79 Å². The van der Waals surface area contributed by atoms with Crippen LogP contribution in [-0.2, 0) is 9.32 Å². The van der Waals surface area contributed by atoms with Crippen molar-refractivity contribution < 1.29 is 9.32 Å². The molecule has 0 aliphatic heterocycles. The van der Waals surface area contributed by atoms with Gasteiger partial charge in [-0.1, -0.05) is 156 Å². The van der Waals surface area contributed by atoms with Crippen LogP contribution in [0.3, 0.4) is 0 Å². The first-order valence-electron chi connectivity index (χ1n) is 18.2. The average Bonchev–Trinajstić information content (AvgIpc) is 2.93. The Morgan fingerprint density at radius 2 is 0.641 bits per heavy atom. The molecule has 0 aromatic carbocycles. The van der Waals surface area contributed by atoms with E-state index >= 15 is 0 Å². The van der Waals surface area contributed by atoms with Gasteiger partial charge in [-0.15, -0.1) is 0 Å². The van der Waals surface area contributed by atoms with E-state index < -0.39 is 7.49 Å². The van der Waals surface area contributed by atoms with Crippen LogP contribution < -0.4 is 0 Å². The minimum atomic E-state index is -1.65. The highest BCUT2D eigenvalue weighted by Gasteiger charge is 2.41. The Bertz CT molecular complexity index is 452. The topological polar surface area (TPSA) is 26.3 Å². The van der Waals surface area contributed by atoms with E-state index in [1.54, 1.807) is 0 Å². The summed E-state index contributed by atoms with van der Waals surface area (Å²) in [5.74, 6) is 0.147. The van der Waals surface area contributed by atoms with E-state index in [1.165, 1.54) is 185 Å². The highest BCUT2D eigenvalue weighted by atomic mass is 31.2. The van der Waals surface area contributed by atoms with Crippen LogP contribution in [-0.4, -0.2) is 24.5 Å². The maximum Gasteiger partial charge on any atom is 0.349 e. The fourth-order valence-electron chi connectivity index (χ4n) is 5.85. The summed E-state index contributed by atoms with van der Waals surface area (Å²) in [6.45, 7) is 9.17. The fraction of sp³-hybridized carbons (Fsp3) is 0.972. The van der Waals surface area contributed by atoms with Gasteiger partial charge in [0.2, 0.25) is 0 Å². The minimum Gasteiger partial charge on any atom is -0.313 e. The van der Waals surface area contributed by atoms with Crippen LogP contribution in [0.25, 0.3) is 0 Å². The number of carbonyl (C=O) groups excluding carboxylic acids is 1. The second kappa shape index (κ2) is 30.8. The van der Waals surface area contributed by atoms with Crippen molar-refractivity contribution in [1.82, 2.24) is 0 Å². The van der Waals surface area contributed by atoms with E-state index in [4.69, 9.17) is 4.52 Å². The molecular weight excluding hydrogens is 495 g/mol. The Hall–Kier alpha value is -0.100. The van der Waals surface area contributed by atoms with Crippen LogP contribution in [0.2, 0.25) is 0 Å². The van der Waals surface area contributed by atoms with Crippen molar-refractivity contribution in [3.05, 3.63) is 0 Å². The largest absolute Gasteiger partial charge is 0.349 e. The van der Waals surface area contributed by atoms with Crippen molar-refractivity contribution >= 4 is 13.5 Å². The van der Waals surface area contributed by atoms with E-state index in [2.05, 4.69) is 27.7 Å². The maximum atomic E-state index is 13.2. The summed E-state index contributed by atoms with van der Waals surface area (Å²) in [5, 5.41) is 0. The quantitative estimate of drug-likeness (QED) is 0.0595. The molecular formula is C36H74O2P+. The summed E-state index contributed by atoms with van der Waals surface area (Å²) in [6, 6.07) is 0. The Balaban J connectivity index is 4.86. The molecule has 0 aliphatic carbocycles. The van der Waals surface area contributed by atoms with Gasteiger partial charge in [0.05, 0.1) is 24.9 Å². The van der Waals surface area contributed by atoms with Crippen molar-refractivity contribution in [2.24, 2.45) is 0 Å². The van der Waals surface area contributed by atoms with E-state index in [-0.39, 0.29) is 5.97 Å². The molecule has 0 spiro atoms. The molecule has 0 aromatic heterocycles. The highest BCUT2D eigenvalue weighted by Crippen LogP contribution is 2.62. The Morgan fingerprint density at radius 3 is 0.949 bits per heavy atom. The van der Waals surface area contributed by atoms with Crippen molar-refractivity contribution in [3.8, 4) is 0 Å². The molecule has 0 atom stereocenters. The first kappa shape index (κ1) is 38.9. The van der Waals surface area contributed by atoms with Gasteiger partial charge in [0.25, 0.3) is 0 Å². The standard InChI is InChI=1S/C36H74O2P/c1-5-9-13-17-21-22-23-24-28-32-36(37)38-39(33-29-25-18-14-10-6-2,34-30-26-19-15-11-7-3)35-31-27-20-16-12-8-4/h5-35H2,1-4H3/q+1.